The molecule has 0 bridgehead atoms. The van der Waals surface area contributed by atoms with Gasteiger partial charge in [0.2, 0.25) is 11.3 Å². The second-order valence-corrected chi connectivity index (χ2v) is 9.76. The van der Waals surface area contributed by atoms with E-state index in [1.54, 1.807) is 30.3 Å². The van der Waals surface area contributed by atoms with Crippen LogP contribution in [0.5, 0.6) is 11.5 Å². The van der Waals surface area contributed by atoms with Crippen molar-refractivity contribution in [2.75, 3.05) is 24.8 Å². The van der Waals surface area contributed by atoms with Gasteiger partial charge in [0.25, 0.3) is 0 Å². The average Bonchev–Trinajstić information content (AvgIpc) is 3.18. The van der Waals surface area contributed by atoms with E-state index < -0.39 is 41.3 Å². The number of carbonyl (C=O) groups excluding carboxylic acids is 1. The van der Waals surface area contributed by atoms with Gasteiger partial charge in [0.1, 0.15) is 23.9 Å². The van der Waals surface area contributed by atoms with Crippen LogP contribution in [-0.2, 0) is 16.0 Å². The highest BCUT2D eigenvalue weighted by atomic mass is 32.2. The van der Waals surface area contributed by atoms with Crippen LogP contribution in [-0.4, -0.2) is 62.7 Å². The Morgan fingerprint density at radius 1 is 1.24 bits per heavy atom. The fourth-order valence-corrected chi connectivity index (χ4v) is 4.94. The van der Waals surface area contributed by atoms with E-state index in [0.29, 0.717) is 34.6 Å². The summed E-state index contributed by atoms with van der Waals surface area (Å²) >= 11 is -1.34. The third kappa shape index (κ3) is 6.81. The number of hydrogen-bond donors (Lipinski definition) is 3. The van der Waals surface area contributed by atoms with E-state index in [4.69, 9.17) is 9.47 Å². The van der Waals surface area contributed by atoms with Gasteiger partial charge in [0.15, 0.2) is 18.1 Å². The van der Waals surface area contributed by atoms with Crippen LogP contribution in [0.2, 0.25) is 0 Å². The Morgan fingerprint density at radius 2 is 2.00 bits per heavy atom. The second kappa shape index (κ2) is 11.2. The minimum absolute atomic E-state index is 0.0900. The Balaban J connectivity index is 1.44. The predicted octanol–water partition coefficient (Wildman–Crippen LogP) is 3.29. The van der Waals surface area contributed by atoms with Crippen molar-refractivity contribution in [2.45, 2.75) is 24.1 Å². The van der Waals surface area contributed by atoms with Crippen LogP contribution < -0.4 is 20.1 Å². The quantitative estimate of drug-likeness (QED) is 0.296. The van der Waals surface area contributed by atoms with Crippen LogP contribution in [0.1, 0.15) is 12.0 Å². The topological polar surface area (TPSA) is 129 Å². The SMILES string of the molecule is COc1cc2c(Nc3ccc(/C=C/C(=O)NC4CC[S+]([O-])C4O)cc3)ncnc2cc1OCC(F)(F)F. The summed E-state index contributed by atoms with van der Waals surface area (Å²) in [4.78, 5) is 20.5. The van der Waals surface area contributed by atoms with Crippen LogP contribution in [0.4, 0.5) is 24.7 Å². The highest BCUT2D eigenvalue weighted by Crippen LogP contribution is 2.35. The molecular weight excluding hydrogens is 513 g/mol. The van der Waals surface area contributed by atoms with Crippen molar-refractivity contribution in [2.24, 2.45) is 0 Å². The number of halogens is 3. The van der Waals surface area contributed by atoms with E-state index >= 15 is 0 Å². The molecule has 0 aliphatic carbocycles. The van der Waals surface area contributed by atoms with E-state index in [2.05, 4.69) is 20.6 Å². The summed E-state index contributed by atoms with van der Waals surface area (Å²) in [5, 5.41) is 16.1. The third-order valence-corrected chi connectivity index (χ3v) is 6.99. The molecule has 3 unspecified atom stereocenters. The van der Waals surface area contributed by atoms with Gasteiger partial charge >= 0.3 is 6.18 Å². The zero-order chi connectivity index (χ0) is 26.6. The van der Waals surface area contributed by atoms with Crippen LogP contribution in [0.3, 0.4) is 0 Å². The lowest BCUT2D eigenvalue weighted by molar-refractivity contribution is -0.153. The first-order valence-corrected chi connectivity index (χ1v) is 12.4. The Hall–Kier alpha value is -3.55. The summed E-state index contributed by atoms with van der Waals surface area (Å²) in [7, 11) is 1.32. The molecule has 2 heterocycles. The number of aliphatic hydroxyl groups is 1. The van der Waals surface area contributed by atoms with Gasteiger partial charge in [-0.25, -0.2) is 9.97 Å². The molecule has 4 rings (SSSR count). The zero-order valence-corrected chi connectivity index (χ0v) is 20.3. The molecule has 1 saturated heterocycles. The molecule has 3 N–H and O–H groups in total. The van der Waals surface area contributed by atoms with Crippen LogP contribution in [0, 0.1) is 0 Å². The number of benzene rings is 2. The number of nitrogens with one attached hydrogen (secondary N) is 2. The van der Waals surface area contributed by atoms with Gasteiger partial charge < -0.3 is 29.8 Å². The molecule has 0 radical (unpaired) electrons. The maximum absolute atomic E-state index is 12.6. The molecule has 3 aromatic rings. The molecule has 1 aliphatic heterocycles. The highest BCUT2D eigenvalue weighted by molar-refractivity contribution is 7.92. The number of fused-ring (bicyclic) bond motifs is 1. The molecule has 1 aromatic heterocycles. The first-order chi connectivity index (χ1) is 17.6. The Labute approximate surface area is 212 Å². The van der Waals surface area contributed by atoms with Crippen molar-refractivity contribution in [3.05, 3.63) is 54.4 Å². The summed E-state index contributed by atoms with van der Waals surface area (Å²) in [6, 6.07) is 9.36. The molecule has 13 heteroatoms. The number of alkyl halides is 3. The molecule has 1 fully saturated rings. The number of methoxy groups -OCH3 is 1. The van der Waals surface area contributed by atoms with E-state index in [1.165, 1.54) is 31.6 Å². The zero-order valence-electron chi connectivity index (χ0n) is 19.5. The lowest BCUT2D eigenvalue weighted by atomic mass is 10.1. The molecule has 0 saturated carbocycles. The molecule has 196 valence electrons. The largest absolute Gasteiger partial charge is 0.614 e. The number of aromatic nitrogens is 2. The minimum Gasteiger partial charge on any atom is -0.614 e. The third-order valence-electron chi connectivity index (χ3n) is 5.48. The molecule has 1 aliphatic rings. The van der Waals surface area contributed by atoms with Gasteiger partial charge in [-0.1, -0.05) is 12.1 Å². The van der Waals surface area contributed by atoms with Crippen LogP contribution in [0.15, 0.2) is 48.8 Å². The molecule has 0 spiro atoms. The van der Waals surface area contributed by atoms with Gasteiger partial charge in [-0.15, -0.1) is 0 Å². The first-order valence-electron chi connectivity index (χ1n) is 11.1. The van der Waals surface area contributed by atoms with E-state index in [-0.39, 0.29) is 11.5 Å². The average molecular weight is 537 g/mol. The lowest BCUT2D eigenvalue weighted by Gasteiger charge is -2.15. The van der Waals surface area contributed by atoms with E-state index in [1.807, 2.05) is 0 Å². The van der Waals surface area contributed by atoms with Crippen molar-refractivity contribution in [3.8, 4) is 11.5 Å². The molecule has 1 amide bonds. The number of carbonyl (C=O) groups is 1. The van der Waals surface area contributed by atoms with Gasteiger partial charge in [-0.3, -0.25) is 4.79 Å². The lowest BCUT2D eigenvalue weighted by Crippen LogP contribution is -2.41. The normalized spacial score (nSPS) is 19.8. The summed E-state index contributed by atoms with van der Waals surface area (Å²) in [6.07, 6.45) is 0.170. The monoisotopic (exact) mass is 536 g/mol. The number of nitrogens with zero attached hydrogens (tertiary/aromatic N) is 2. The predicted molar refractivity (Wildman–Crippen MR) is 132 cm³/mol. The van der Waals surface area contributed by atoms with Gasteiger partial charge in [-0.05, 0) is 41.0 Å². The maximum Gasteiger partial charge on any atom is 0.422 e. The van der Waals surface area contributed by atoms with E-state index in [0.717, 1.165) is 5.56 Å². The molecule has 9 nitrogen and oxygen atoms in total. The second-order valence-electron chi connectivity index (χ2n) is 8.11. The molecule has 37 heavy (non-hydrogen) atoms. The minimum atomic E-state index is -4.50. The summed E-state index contributed by atoms with van der Waals surface area (Å²) in [6.45, 7) is -1.46. The fourth-order valence-electron chi connectivity index (χ4n) is 3.65. The summed E-state index contributed by atoms with van der Waals surface area (Å²) < 4.78 is 59.3. The first kappa shape index (κ1) is 26.5. The number of anilines is 2. The van der Waals surface area contributed by atoms with Gasteiger partial charge in [0, 0.05) is 29.6 Å². The number of rotatable bonds is 8. The number of aliphatic hydroxyl groups excluding tert-OH is 1. The van der Waals surface area contributed by atoms with Crippen molar-refractivity contribution >= 4 is 45.6 Å². The number of amides is 1. The molecular formula is C24H23F3N4O5S. The summed E-state index contributed by atoms with van der Waals surface area (Å²) in [5.41, 5.74) is 0.697. The maximum atomic E-state index is 12.6. The Morgan fingerprint density at radius 3 is 2.65 bits per heavy atom. The molecule has 3 atom stereocenters. The van der Waals surface area contributed by atoms with Crippen molar-refractivity contribution in [3.63, 3.8) is 0 Å². The summed E-state index contributed by atoms with van der Waals surface area (Å²) in [5.74, 6) is 0.370. The van der Waals surface area contributed by atoms with Gasteiger partial charge in [0.05, 0.1) is 12.6 Å². The van der Waals surface area contributed by atoms with Gasteiger partial charge in [-0.2, -0.15) is 13.2 Å². The fraction of sp³-hybridized carbons (Fsp3) is 0.292. The van der Waals surface area contributed by atoms with Crippen molar-refractivity contribution in [1.82, 2.24) is 15.3 Å². The van der Waals surface area contributed by atoms with Crippen molar-refractivity contribution < 1.29 is 37.1 Å². The van der Waals surface area contributed by atoms with Crippen molar-refractivity contribution in [1.29, 1.82) is 0 Å². The van der Waals surface area contributed by atoms with Crippen LogP contribution >= 0.6 is 0 Å². The smallest absolute Gasteiger partial charge is 0.422 e. The Bertz CT molecular complexity index is 1290. The number of hydrogen-bond acceptors (Lipinski definition) is 8. The highest BCUT2D eigenvalue weighted by Gasteiger charge is 2.38. The van der Waals surface area contributed by atoms with E-state index in [9.17, 15) is 27.6 Å². The Kier molecular flexibility index (Phi) is 8.05. The number of ether oxygens (including phenoxy) is 2. The van der Waals surface area contributed by atoms with Crippen LogP contribution in [0.25, 0.3) is 17.0 Å². The standard InChI is InChI=1S/C24H23F3N4O5S/c1-35-19-10-16-18(11-20(19)36-12-24(25,26)27)28-13-29-22(16)30-15-5-2-14(3-6-15)4-7-21(32)31-17-8-9-37(34)23(17)33/h2-7,10-11,13,17,23,33H,8-9,12H2,1H3,(H,31,32)(H,28,29,30)/b7-4+. The molecule has 2 aromatic carbocycles.